The summed E-state index contributed by atoms with van der Waals surface area (Å²) in [4.78, 5) is 23.0. The fraction of sp³-hybridized carbons (Fsp3) is 0.294. The van der Waals surface area contributed by atoms with Crippen molar-refractivity contribution in [2.75, 3.05) is 6.61 Å². The van der Waals surface area contributed by atoms with Crippen LogP contribution in [-0.4, -0.2) is 23.6 Å². The minimum atomic E-state index is -1.04. The molecule has 1 aromatic carbocycles. The highest BCUT2D eigenvalue weighted by atomic mass is 16.5. The van der Waals surface area contributed by atoms with Crippen molar-refractivity contribution in [3.05, 3.63) is 52.5 Å². The first-order valence-corrected chi connectivity index (χ1v) is 7.37. The second-order valence-corrected chi connectivity index (χ2v) is 5.48. The topological polar surface area (TPSA) is 88.8 Å². The SMILES string of the molecule is Cc1oc(CNC(=O)Cc2ccc3c(c2)CCO3)cc1C(=O)O. The molecule has 2 N–H and O–H groups in total. The second-order valence-electron chi connectivity index (χ2n) is 5.48. The normalized spacial score (nSPS) is 12.6. The van der Waals surface area contributed by atoms with Crippen LogP contribution in [0.2, 0.25) is 0 Å². The molecule has 1 aromatic heterocycles. The maximum absolute atomic E-state index is 12.0. The van der Waals surface area contributed by atoms with Crippen molar-refractivity contribution in [1.82, 2.24) is 5.32 Å². The largest absolute Gasteiger partial charge is 0.493 e. The highest BCUT2D eigenvalue weighted by Crippen LogP contribution is 2.26. The van der Waals surface area contributed by atoms with Crippen molar-refractivity contribution in [3.63, 3.8) is 0 Å². The van der Waals surface area contributed by atoms with E-state index < -0.39 is 5.97 Å². The van der Waals surface area contributed by atoms with Crippen LogP contribution in [0.4, 0.5) is 0 Å². The number of aryl methyl sites for hydroxylation is 1. The number of carboxylic acids is 1. The number of furan rings is 1. The molecular weight excluding hydrogens is 298 g/mol. The lowest BCUT2D eigenvalue weighted by Crippen LogP contribution is -2.24. The first kappa shape index (κ1) is 15.1. The fourth-order valence-corrected chi connectivity index (χ4v) is 2.63. The van der Waals surface area contributed by atoms with Gasteiger partial charge in [0, 0.05) is 6.42 Å². The van der Waals surface area contributed by atoms with Gasteiger partial charge in [-0.05, 0) is 30.2 Å². The zero-order valence-electron chi connectivity index (χ0n) is 12.7. The van der Waals surface area contributed by atoms with Gasteiger partial charge in [-0.25, -0.2) is 4.79 Å². The zero-order valence-corrected chi connectivity index (χ0v) is 12.7. The number of carbonyl (C=O) groups excluding carboxylic acids is 1. The van der Waals surface area contributed by atoms with E-state index in [0.29, 0.717) is 18.1 Å². The third-order valence-electron chi connectivity index (χ3n) is 3.78. The quantitative estimate of drug-likeness (QED) is 0.882. The van der Waals surface area contributed by atoms with Gasteiger partial charge in [0.15, 0.2) is 0 Å². The van der Waals surface area contributed by atoms with Crippen molar-refractivity contribution >= 4 is 11.9 Å². The first-order valence-electron chi connectivity index (χ1n) is 7.37. The molecule has 0 aliphatic carbocycles. The Bertz CT molecular complexity index is 762. The lowest BCUT2D eigenvalue weighted by Gasteiger charge is -2.05. The van der Waals surface area contributed by atoms with Gasteiger partial charge in [-0.1, -0.05) is 12.1 Å². The number of benzene rings is 1. The molecule has 0 unspecified atom stereocenters. The van der Waals surface area contributed by atoms with Crippen molar-refractivity contribution < 1.29 is 23.8 Å². The standard InChI is InChI=1S/C17H17NO5/c1-10-14(17(20)21)8-13(23-10)9-18-16(19)7-11-2-3-15-12(6-11)4-5-22-15/h2-3,6,8H,4-5,7,9H2,1H3,(H,18,19)(H,20,21). The lowest BCUT2D eigenvalue weighted by atomic mass is 10.1. The van der Waals surface area contributed by atoms with Crippen LogP contribution in [0.1, 0.15) is 33.0 Å². The van der Waals surface area contributed by atoms with E-state index in [4.69, 9.17) is 14.3 Å². The molecule has 1 amide bonds. The summed E-state index contributed by atoms with van der Waals surface area (Å²) in [6.45, 7) is 2.44. The zero-order chi connectivity index (χ0) is 16.4. The van der Waals surface area contributed by atoms with Crippen LogP contribution in [0.3, 0.4) is 0 Å². The van der Waals surface area contributed by atoms with Crippen LogP contribution >= 0.6 is 0 Å². The van der Waals surface area contributed by atoms with E-state index in [1.807, 2.05) is 18.2 Å². The molecule has 120 valence electrons. The number of rotatable bonds is 5. The highest BCUT2D eigenvalue weighted by molar-refractivity contribution is 5.88. The molecule has 0 fully saturated rings. The number of amides is 1. The van der Waals surface area contributed by atoms with Crippen molar-refractivity contribution in [3.8, 4) is 5.75 Å². The van der Waals surface area contributed by atoms with Gasteiger partial charge < -0.3 is 19.6 Å². The number of hydrogen-bond acceptors (Lipinski definition) is 4. The van der Waals surface area contributed by atoms with Crippen molar-refractivity contribution in [1.29, 1.82) is 0 Å². The monoisotopic (exact) mass is 315 g/mol. The number of fused-ring (bicyclic) bond motifs is 1. The molecule has 0 spiro atoms. The van der Waals surface area contributed by atoms with E-state index in [1.165, 1.54) is 6.07 Å². The number of ether oxygens (including phenoxy) is 1. The number of hydrogen-bond donors (Lipinski definition) is 2. The number of carbonyl (C=O) groups is 2. The first-order chi connectivity index (χ1) is 11.0. The Balaban J connectivity index is 1.57. The van der Waals surface area contributed by atoms with Crippen LogP contribution in [-0.2, 0) is 24.2 Å². The molecule has 2 aromatic rings. The Morgan fingerprint density at radius 2 is 2.13 bits per heavy atom. The predicted molar refractivity (Wildman–Crippen MR) is 81.6 cm³/mol. The summed E-state index contributed by atoms with van der Waals surface area (Å²) in [5.74, 6) is 0.469. The molecule has 2 heterocycles. The van der Waals surface area contributed by atoms with Gasteiger partial charge in [0.1, 0.15) is 22.8 Å². The number of aromatic carboxylic acids is 1. The van der Waals surface area contributed by atoms with Gasteiger partial charge in [-0.3, -0.25) is 4.79 Å². The van der Waals surface area contributed by atoms with Crippen molar-refractivity contribution in [2.45, 2.75) is 26.3 Å². The summed E-state index contributed by atoms with van der Waals surface area (Å²) in [5, 5.41) is 11.7. The van der Waals surface area contributed by atoms with Gasteiger partial charge >= 0.3 is 5.97 Å². The van der Waals surface area contributed by atoms with Gasteiger partial charge in [-0.15, -0.1) is 0 Å². The molecule has 6 heteroatoms. The van der Waals surface area contributed by atoms with Crippen LogP contribution in [0.5, 0.6) is 5.75 Å². The van der Waals surface area contributed by atoms with E-state index in [2.05, 4.69) is 5.32 Å². The molecular formula is C17H17NO5. The Morgan fingerprint density at radius 3 is 2.87 bits per heavy atom. The van der Waals surface area contributed by atoms with Crippen LogP contribution in [0.15, 0.2) is 28.7 Å². The Hall–Kier alpha value is -2.76. The molecule has 6 nitrogen and oxygen atoms in total. The molecule has 3 rings (SSSR count). The van der Waals surface area contributed by atoms with E-state index in [0.717, 1.165) is 23.3 Å². The van der Waals surface area contributed by atoms with Crippen LogP contribution < -0.4 is 10.1 Å². The lowest BCUT2D eigenvalue weighted by molar-refractivity contribution is -0.120. The second kappa shape index (κ2) is 6.16. The minimum absolute atomic E-state index is 0.118. The van der Waals surface area contributed by atoms with Crippen LogP contribution in [0.25, 0.3) is 0 Å². The minimum Gasteiger partial charge on any atom is -0.493 e. The van der Waals surface area contributed by atoms with E-state index in [1.54, 1.807) is 6.92 Å². The van der Waals surface area contributed by atoms with Gasteiger partial charge in [-0.2, -0.15) is 0 Å². The summed E-state index contributed by atoms with van der Waals surface area (Å²) >= 11 is 0. The average molecular weight is 315 g/mol. The van der Waals surface area contributed by atoms with Gasteiger partial charge in [0.25, 0.3) is 0 Å². The Kier molecular flexibility index (Phi) is 4.06. The maximum Gasteiger partial charge on any atom is 0.339 e. The van der Waals surface area contributed by atoms with Gasteiger partial charge in [0.05, 0.1) is 19.6 Å². The van der Waals surface area contributed by atoms with Crippen molar-refractivity contribution in [2.24, 2.45) is 0 Å². The molecule has 0 saturated heterocycles. The summed E-state index contributed by atoms with van der Waals surface area (Å²) in [7, 11) is 0. The Labute approximate surface area is 133 Å². The molecule has 0 radical (unpaired) electrons. The van der Waals surface area contributed by atoms with E-state index >= 15 is 0 Å². The summed E-state index contributed by atoms with van der Waals surface area (Å²) in [5.41, 5.74) is 2.17. The molecule has 0 atom stereocenters. The third-order valence-corrected chi connectivity index (χ3v) is 3.78. The third kappa shape index (κ3) is 3.36. The summed E-state index contributed by atoms with van der Waals surface area (Å²) in [6, 6.07) is 7.19. The summed E-state index contributed by atoms with van der Waals surface area (Å²) < 4.78 is 10.8. The summed E-state index contributed by atoms with van der Waals surface area (Å²) in [6.07, 6.45) is 1.13. The molecule has 23 heavy (non-hydrogen) atoms. The molecule has 0 bridgehead atoms. The molecule has 1 aliphatic heterocycles. The van der Waals surface area contributed by atoms with E-state index in [9.17, 15) is 9.59 Å². The van der Waals surface area contributed by atoms with Crippen LogP contribution in [0, 0.1) is 6.92 Å². The fourth-order valence-electron chi connectivity index (χ4n) is 2.63. The van der Waals surface area contributed by atoms with Gasteiger partial charge in [0.2, 0.25) is 5.91 Å². The Morgan fingerprint density at radius 1 is 1.30 bits per heavy atom. The average Bonchev–Trinajstić information content (AvgIpc) is 3.10. The molecule has 0 saturated carbocycles. The maximum atomic E-state index is 12.0. The predicted octanol–water partition coefficient (Wildman–Crippen LogP) is 2.08. The van der Waals surface area contributed by atoms with E-state index in [-0.39, 0.29) is 24.4 Å². The number of nitrogens with one attached hydrogen (secondary N) is 1. The molecule has 1 aliphatic rings. The highest BCUT2D eigenvalue weighted by Gasteiger charge is 2.15. The smallest absolute Gasteiger partial charge is 0.339 e. The number of carboxylic acid groups (broad SMARTS) is 1.